The second kappa shape index (κ2) is 11.1. The van der Waals surface area contributed by atoms with Gasteiger partial charge in [0.15, 0.2) is 5.13 Å². The number of thiazole rings is 1. The van der Waals surface area contributed by atoms with Gasteiger partial charge >= 0.3 is 0 Å². The third-order valence-electron chi connectivity index (χ3n) is 4.63. The van der Waals surface area contributed by atoms with Crippen molar-refractivity contribution in [2.75, 3.05) is 35.2 Å². The maximum absolute atomic E-state index is 12.1. The van der Waals surface area contributed by atoms with Crippen molar-refractivity contribution in [3.63, 3.8) is 0 Å². The van der Waals surface area contributed by atoms with Gasteiger partial charge in [-0.05, 0) is 50.0 Å². The van der Waals surface area contributed by atoms with Crippen LogP contribution in [0.2, 0.25) is 0 Å². The molecule has 9 heteroatoms. The van der Waals surface area contributed by atoms with Gasteiger partial charge in [0, 0.05) is 22.1 Å². The fraction of sp³-hybridized carbons (Fsp3) is 0.450. The lowest BCUT2D eigenvalue weighted by Crippen LogP contribution is -2.32. The molecule has 0 spiro atoms. The summed E-state index contributed by atoms with van der Waals surface area (Å²) in [5.41, 5.74) is 1.73. The molecule has 0 aliphatic carbocycles. The number of amides is 2. The summed E-state index contributed by atoms with van der Waals surface area (Å²) < 4.78 is 0.903. The molecule has 1 aliphatic rings. The van der Waals surface area contributed by atoms with Gasteiger partial charge in [-0.2, -0.15) is 0 Å². The van der Waals surface area contributed by atoms with E-state index < -0.39 is 0 Å². The van der Waals surface area contributed by atoms with Gasteiger partial charge in [-0.15, -0.1) is 23.1 Å². The largest absolute Gasteiger partial charge is 0.325 e. The van der Waals surface area contributed by atoms with E-state index in [0.717, 1.165) is 41.4 Å². The van der Waals surface area contributed by atoms with Gasteiger partial charge in [-0.25, -0.2) is 4.98 Å². The van der Waals surface area contributed by atoms with Gasteiger partial charge in [0.05, 0.1) is 17.2 Å². The average molecular weight is 497 g/mol. The molecular weight excluding hydrogens is 472 g/mol. The van der Waals surface area contributed by atoms with E-state index >= 15 is 0 Å². The SMILES string of the molecule is CC1CCN(Cc2csc(NC(=O)CSCC(=O)Nc3cccc(Br)c3)n2)CC1. The van der Waals surface area contributed by atoms with Crippen LogP contribution in [0.4, 0.5) is 10.8 Å². The molecule has 0 unspecified atom stereocenters. The Kier molecular flexibility index (Phi) is 8.53. The Morgan fingerprint density at radius 1 is 1.24 bits per heavy atom. The third kappa shape index (κ3) is 7.73. The van der Waals surface area contributed by atoms with Crippen molar-refractivity contribution < 1.29 is 9.59 Å². The third-order valence-corrected chi connectivity index (χ3v) is 6.87. The van der Waals surface area contributed by atoms with Crippen molar-refractivity contribution in [2.24, 2.45) is 5.92 Å². The predicted octanol–water partition coefficient (Wildman–Crippen LogP) is 4.45. The number of likely N-dealkylation sites (tertiary alicyclic amines) is 1. The number of nitrogens with zero attached hydrogens (tertiary/aromatic N) is 2. The number of rotatable bonds is 8. The molecule has 1 fully saturated rings. The highest BCUT2D eigenvalue weighted by molar-refractivity contribution is 9.10. The van der Waals surface area contributed by atoms with Crippen LogP contribution in [-0.4, -0.2) is 46.3 Å². The number of halogens is 1. The van der Waals surface area contributed by atoms with Crippen LogP contribution in [0.25, 0.3) is 0 Å². The van der Waals surface area contributed by atoms with Crippen LogP contribution in [0.1, 0.15) is 25.5 Å². The molecule has 1 aromatic carbocycles. The number of carbonyl (C=O) groups excluding carboxylic acids is 2. The fourth-order valence-electron chi connectivity index (χ4n) is 3.04. The first-order chi connectivity index (χ1) is 14.0. The van der Waals surface area contributed by atoms with Crippen molar-refractivity contribution in [3.8, 4) is 0 Å². The van der Waals surface area contributed by atoms with Crippen molar-refractivity contribution in [3.05, 3.63) is 39.8 Å². The monoisotopic (exact) mass is 496 g/mol. The van der Waals surface area contributed by atoms with Gasteiger partial charge in [-0.3, -0.25) is 14.5 Å². The Hall–Kier alpha value is -1.42. The molecule has 1 aliphatic heterocycles. The predicted molar refractivity (Wildman–Crippen MR) is 125 cm³/mol. The maximum Gasteiger partial charge on any atom is 0.236 e. The van der Waals surface area contributed by atoms with Gasteiger partial charge in [-0.1, -0.05) is 28.9 Å². The summed E-state index contributed by atoms with van der Waals surface area (Å²) in [6, 6.07) is 7.41. The van der Waals surface area contributed by atoms with E-state index in [4.69, 9.17) is 0 Å². The first-order valence-corrected chi connectivity index (χ1v) is 12.4. The number of hydrogen-bond donors (Lipinski definition) is 2. The molecule has 2 heterocycles. The summed E-state index contributed by atoms with van der Waals surface area (Å²) in [5.74, 6) is 0.971. The Labute approximate surface area is 188 Å². The second-order valence-corrected chi connectivity index (χ2v) is 9.96. The minimum atomic E-state index is -0.141. The first kappa shape index (κ1) is 22.3. The van der Waals surface area contributed by atoms with Gasteiger partial charge < -0.3 is 10.6 Å². The lowest BCUT2D eigenvalue weighted by atomic mass is 9.99. The lowest BCUT2D eigenvalue weighted by Gasteiger charge is -2.29. The number of piperidine rings is 1. The van der Waals surface area contributed by atoms with Crippen LogP contribution in [0.3, 0.4) is 0 Å². The smallest absolute Gasteiger partial charge is 0.236 e. The number of aromatic nitrogens is 1. The molecular formula is C20H25BrN4O2S2. The number of hydrogen-bond acceptors (Lipinski definition) is 6. The van der Waals surface area contributed by atoms with E-state index in [1.807, 2.05) is 29.6 Å². The summed E-state index contributed by atoms with van der Waals surface area (Å²) in [5, 5.41) is 8.27. The molecule has 6 nitrogen and oxygen atoms in total. The molecule has 2 amide bonds. The zero-order chi connectivity index (χ0) is 20.6. The number of thioether (sulfide) groups is 1. The Bertz CT molecular complexity index is 837. The summed E-state index contributed by atoms with van der Waals surface area (Å²) in [7, 11) is 0. The zero-order valence-corrected chi connectivity index (χ0v) is 19.5. The molecule has 0 saturated carbocycles. The van der Waals surface area contributed by atoms with Crippen LogP contribution >= 0.6 is 39.0 Å². The zero-order valence-electron chi connectivity index (χ0n) is 16.3. The van der Waals surface area contributed by atoms with E-state index in [-0.39, 0.29) is 23.3 Å². The summed E-state index contributed by atoms with van der Waals surface area (Å²) >= 11 is 6.10. The minimum absolute atomic E-state index is 0.131. The number of anilines is 2. The molecule has 3 rings (SSSR count). The van der Waals surface area contributed by atoms with E-state index in [1.54, 1.807) is 0 Å². The van der Waals surface area contributed by atoms with Crippen LogP contribution in [-0.2, 0) is 16.1 Å². The Morgan fingerprint density at radius 3 is 2.69 bits per heavy atom. The number of nitrogens with one attached hydrogen (secondary N) is 2. The molecule has 1 aromatic heterocycles. The van der Waals surface area contributed by atoms with Crippen molar-refractivity contribution in [1.82, 2.24) is 9.88 Å². The minimum Gasteiger partial charge on any atom is -0.325 e. The van der Waals surface area contributed by atoms with E-state index in [9.17, 15) is 9.59 Å². The quantitative estimate of drug-likeness (QED) is 0.564. The van der Waals surface area contributed by atoms with Crippen LogP contribution < -0.4 is 10.6 Å². The van der Waals surface area contributed by atoms with Crippen LogP contribution in [0.15, 0.2) is 34.1 Å². The fourth-order valence-corrected chi connectivity index (χ4v) is 4.78. The van der Waals surface area contributed by atoms with Crippen molar-refractivity contribution in [2.45, 2.75) is 26.3 Å². The normalized spacial score (nSPS) is 15.2. The van der Waals surface area contributed by atoms with Gasteiger partial charge in [0.25, 0.3) is 0 Å². The maximum atomic E-state index is 12.1. The first-order valence-electron chi connectivity index (χ1n) is 9.57. The molecule has 156 valence electrons. The summed E-state index contributed by atoms with van der Waals surface area (Å²) in [4.78, 5) is 31.0. The van der Waals surface area contributed by atoms with Crippen LogP contribution in [0, 0.1) is 5.92 Å². The molecule has 1 saturated heterocycles. The molecule has 0 bridgehead atoms. The van der Waals surface area contributed by atoms with Gasteiger partial charge in [0.1, 0.15) is 0 Å². The topological polar surface area (TPSA) is 74.3 Å². The number of carbonyl (C=O) groups is 2. The number of benzene rings is 1. The molecule has 2 aromatic rings. The highest BCUT2D eigenvalue weighted by Gasteiger charge is 2.17. The molecule has 29 heavy (non-hydrogen) atoms. The molecule has 2 N–H and O–H groups in total. The van der Waals surface area contributed by atoms with E-state index in [1.165, 1.54) is 35.9 Å². The Balaban J connectivity index is 1.35. The van der Waals surface area contributed by atoms with E-state index in [0.29, 0.717) is 5.13 Å². The van der Waals surface area contributed by atoms with Crippen LogP contribution in [0.5, 0.6) is 0 Å². The van der Waals surface area contributed by atoms with Crippen molar-refractivity contribution in [1.29, 1.82) is 0 Å². The lowest BCUT2D eigenvalue weighted by molar-refractivity contribution is -0.114. The molecule has 0 radical (unpaired) electrons. The standard InChI is InChI=1S/C20H25BrN4O2S2/c1-14-5-7-25(8-6-14)10-17-11-29-20(23-17)24-19(27)13-28-12-18(26)22-16-4-2-3-15(21)9-16/h2-4,9,11,14H,5-8,10,12-13H2,1H3,(H,22,26)(H,23,24,27). The average Bonchev–Trinajstić information content (AvgIpc) is 3.10. The Morgan fingerprint density at radius 2 is 1.97 bits per heavy atom. The second-order valence-electron chi connectivity index (χ2n) is 7.20. The van der Waals surface area contributed by atoms with E-state index in [2.05, 4.69) is 43.4 Å². The molecule has 0 atom stereocenters. The summed E-state index contributed by atoms with van der Waals surface area (Å²) in [6.07, 6.45) is 2.47. The highest BCUT2D eigenvalue weighted by atomic mass is 79.9. The van der Waals surface area contributed by atoms with Gasteiger partial charge in [0.2, 0.25) is 11.8 Å². The highest BCUT2D eigenvalue weighted by Crippen LogP contribution is 2.21. The van der Waals surface area contributed by atoms with Crippen molar-refractivity contribution >= 4 is 61.7 Å². The summed E-state index contributed by atoms with van der Waals surface area (Å²) in [6.45, 7) is 5.36.